The number of hydrogen-bond donors (Lipinski definition) is 2. The molecular weight excluding hydrogens is 296 g/mol. The summed E-state index contributed by atoms with van der Waals surface area (Å²) in [5, 5.41) is 6.61. The van der Waals surface area contributed by atoms with Crippen LogP contribution in [0.1, 0.15) is 11.4 Å². The van der Waals surface area contributed by atoms with Crippen LogP contribution < -0.4 is 15.4 Å². The van der Waals surface area contributed by atoms with Gasteiger partial charge in [0.05, 0.1) is 0 Å². The fourth-order valence-electron chi connectivity index (χ4n) is 1.82. The fourth-order valence-corrected chi connectivity index (χ4v) is 2.02. The Kier molecular flexibility index (Phi) is 5.43. The number of nitrogens with one attached hydrogen (secondary N) is 2. The first kappa shape index (κ1) is 15.9. The van der Waals surface area contributed by atoms with Gasteiger partial charge in [-0.15, -0.1) is 6.58 Å². The first-order valence-corrected chi connectivity index (χ1v) is 7.23. The third-order valence-electron chi connectivity index (χ3n) is 2.67. The molecule has 0 bridgehead atoms. The van der Waals surface area contributed by atoms with Gasteiger partial charge >= 0.3 is 6.01 Å². The van der Waals surface area contributed by atoms with Crippen molar-refractivity contribution < 1.29 is 4.74 Å². The van der Waals surface area contributed by atoms with Gasteiger partial charge in [-0.2, -0.15) is 0 Å². The minimum atomic E-state index is 0.335. The summed E-state index contributed by atoms with van der Waals surface area (Å²) in [6.07, 6.45) is 1.74. The topological polar surface area (TPSA) is 59.1 Å². The molecule has 0 aliphatic rings. The average Bonchev–Trinajstić information content (AvgIpc) is 2.44. The molecule has 6 heteroatoms. The van der Waals surface area contributed by atoms with E-state index < -0.39 is 0 Å². The van der Waals surface area contributed by atoms with Crippen LogP contribution in [0.2, 0.25) is 0 Å². The maximum Gasteiger partial charge on any atom is 0.322 e. The number of nitrogens with zero attached hydrogens (tertiary/aromatic N) is 2. The molecule has 0 aliphatic carbocycles. The van der Waals surface area contributed by atoms with Crippen LogP contribution in [0.4, 0.5) is 5.69 Å². The molecule has 0 spiro atoms. The fraction of sp³-hybridized carbons (Fsp3) is 0.188. The van der Waals surface area contributed by atoms with Crippen molar-refractivity contribution in [2.24, 2.45) is 0 Å². The zero-order chi connectivity index (χ0) is 15.9. The summed E-state index contributed by atoms with van der Waals surface area (Å²) < 4.78 is 5.70. The minimum Gasteiger partial charge on any atom is -0.424 e. The molecule has 0 unspecified atom stereocenters. The second-order valence-corrected chi connectivity index (χ2v) is 5.10. The molecule has 1 aromatic heterocycles. The van der Waals surface area contributed by atoms with E-state index in [0.717, 1.165) is 17.1 Å². The molecule has 0 amide bonds. The molecule has 0 fully saturated rings. The van der Waals surface area contributed by atoms with E-state index >= 15 is 0 Å². The summed E-state index contributed by atoms with van der Waals surface area (Å²) in [7, 11) is 0. The Morgan fingerprint density at radius 3 is 2.68 bits per heavy atom. The Bertz CT molecular complexity index is 667. The smallest absolute Gasteiger partial charge is 0.322 e. The van der Waals surface area contributed by atoms with E-state index in [1.165, 1.54) is 0 Å². The van der Waals surface area contributed by atoms with Gasteiger partial charge in [0.1, 0.15) is 5.75 Å². The molecule has 2 aromatic rings. The quantitative estimate of drug-likeness (QED) is 0.652. The lowest BCUT2D eigenvalue weighted by atomic mass is 10.3. The van der Waals surface area contributed by atoms with Crippen LogP contribution in [0.3, 0.4) is 0 Å². The molecule has 0 aliphatic heterocycles. The van der Waals surface area contributed by atoms with Gasteiger partial charge in [-0.25, -0.2) is 9.97 Å². The second-order valence-electron chi connectivity index (χ2n) is 4.69. The number of anilines is 1. The van der Waals surface area contributed by atoms with Crippen LogP contribution in [0, 0.1) is 13.8 Å². The van der Waals surface area contributed by atoms with E-state index in [1.807, 2.05) is 44.2 Å². The van der Waals surface area contributed by atoms with Crippen LogP contribution in [0.25, 0.3) is 0 Å². The van der Waals surface area contributed by atoms with Crippen molar-refractivity contribution in [1.82, 2.24) is 15.3 Å². The van der Waals surface area contributed by atoms with E-state index in [-0.39, 0.29) is 0 Å². The van der Waals surface area contributed by atoms with Crippen molar-refractivity contribution in [2.45, 2.75) is 13.8 Å². The van der Waals surface area contributed by atoms with Crippen molar-refractivity contribution in [1.29, 1.82) is 0 Å². The number of ether oxygens (including phenoxy) is 1. The molecule has 2 N–H and O–H groups in total. The molecule has 0 atom stereocenters. The normalized spacial score (nSPS) is 9.91. The predicted molar refractivity (Wildman–Crippen MR) is 92.4 cm³/mol. The highest BCUT2D eigenvalue weighted by Gasteiger charge is 2.04. The summed E-state index contributed by atoms with van der Waals surface area (Å²) in [5.41, 5.74) is 2.56. The van der Waals surface area contributed by atoms with Gasteiger partial charge in [-0.1, -0.05) is 12.1 Å². The highest BCUT2D eigenvalue weighted by atomic mass is 32.1. The lowest BCUT2D eigenvalue weighted by molar-refractivity contribution is 0.439. The van der Waals surface area contributed by atoms with Crippen molar-refractivity contribution in [3.05, 3.63) is 54.4 Å². The largest absolute Gasteiger partial charge is 0.424 e. The van der Waals surface area contributed by atoms with Crippen molar-refractivity contribution in [3.63, 3.8) is 0 Å². The van der Waals surface area contributed by atoms with Crippen LogP contribution in [0.5, 0.6) is 11.8 Å². The summed E-state index contributed by atoms with van der Waals surface area (Å²) >= 11 is 5.17. The Hall–Kier alpha value is -2.47. The van der Waals surface area contributed by atoms with Crippen LogP contribution >= 0.6 is 12.2 Å². The van der Waals surface area contributed by atoms with Gasteiger partial charge in [0.2, 0.25) is 0 Å². The molecular formula is C16H18N4OS. The van der Waals surface area contributed by atoms with Crippen LogP contribution in [0.15, 0.2) is 43.0 Å². The number of hydrogen-bond acceptors (Lipinski definition) is 4. The first-order chi connectivity index (χ1) is 10.6. The van der Waals surface area contributed by atoms with E-state index in [4.69, 9.17) is 17.0 Å². The third-order valence-corrected chi connectivity index (χ3v) is 2.92. The number of benzene rings is 1. The molecule has 2 rings (SSSR count). The first-order valence-electron chi connectivity index (χ1n) is 6.83. The number of rotatable bonds is 5. The van der Waals surface area contributed by atoms with Crippen LogP contribution in [-0.2, 0) is 0 Å². The Labute approximate surface area is 135 Å². The maximum absolute atomic E-state index is 5.70. The molecule has 114 valence electrons. The molecule has 22 heavy (non-hydrogen) atoms. The van der Waals surface area contributed by atoms with Gasteiger partial charge in [0.15, 0.2) is 5.11 Å². The SMILES string of the molecule is C=CCNC(=S)Nc1cccc(Oc2nc(C)cc(C)n2)c1. The second kappa shape index (κ2) is 7.51. The van der Waals surface area contributed by atoms with Crippen molar-refractivity contribution in [3.8, 4) is 11.8 Å². The number of aryl methyl sites for hydroxylation is 2. The number of aromatic nitrogens is 2. The Morgan fingerprint density at radius 1 is 1.27 bits per heavy atom. The summed E-state index contributed by atoms with van der Waals surface area (Å²) in [5.74, 6) is 0.640. The Morgan fingerprint density at radius 2 is 2.00 bits per heavy atom. The maximum atomic E-state index is 5.70. The zero-order valence-electron chi connectivity index (χ0n) is 12.6. The molecule has 1 heterocycles. The molecule has 0 radical (unpaired) electrons. The monoisotopic (exact) mass is 314 g/mol. The lowest BCUT2D eigenvalue weighted by Gasteiger charge is -2.10. The van der Waals surface area contributed by atoms with E-state index in [2.05, 4.69) is 27.2 Å². The van der Waals surface area contributed by atoms with Gasteiger partial charge in [-0.05, 0) is 44.3 Å². The molecule has 1 aromatic carbocycles. The highest BCUT2D eigenvalue weighted by Crippen LogP contribution is 2.22. The van der Waals surface area contributed by atoms with Gasteiger partial charge in [-0.3, -0.25) is 0 Å². The van der Waals surface area contributed by atoms with Crippen LogP contribution in [-0.4, -0.2) is 21.6 Å². The molecule has 5 nitrogen and oxygen atoms in total. The average molecular weight is 314 g/mol. The third kappa shape index (κ3) is 4.82. The van der Waals surface area contributed by atoms with Gasteiger partial charge < -0.3 is 15.4 Å². The summed E-state index contributed by atoms with van der Waals surface area (Å²) in [4.78, 5) is 8.51. The lowest BCUT2D eigenvalue weighted by Crippen LogP contribution is -2.28. The van der Waals surface area contributed by atoms with E-state index in [1.54, 1.807) is 6.08 Å². The minimum absolute atomic E-state index is 0.335. The van der Waals surface area contributed by atoms with Gasteiger partial charge in [0, 0.05) is 29.7 Å². The van der Waals surface area contributed by atoms with Gasteiger partial charge in [0.25, 0.3) is 0 Å². The standard InChI is InChI=1S/C16H18N4OS/c1-4-8-17-16(22)20-13-6-5-7-14(10-13)21-15-18-11(2)9-12(3)19-15/h4-7,9-10H,1,8H2,2-3H3,(H2,17,20,22). The summed E-state index contributed by atoms with van der Waals surface area (Å²) in [6.45, 7) is 8.05. The number of thiocarbonyl (C=S) groups is 1. The zero-order valence-corrected chi connectivity index (χ0v) is 13.4. The predicted octanol–water partition coefficient (Wildman–Crippen LogP) is 3.36. The molecule has 0 saturated carbocycles. The molecule has 0 saturated heterocycles. The van der Waals surface area contributed by atoms with Crippen molar-refractivity contribution >= 4 is 23.0 Å². The van der Waals surface area contributed by atoms with E-state index in [0.29, 0.717) is 23.4 Å². The van der Waals surface area contributed by atoms with E-state index in [9.17, 15) is 0 Å². The summed E-state index contributed by atoms with van der Waals surface area (Å²) in [6, 6.07) is 9.68. The van der Waals surface area contributed by atoms with Crippen molar-refractivity contribution in [2.75, 3.05) is 11.9 Å². The highest BCUT2D eigenvalue weighted by molar-refractivity contribution is 7.80. The Balaban J connectivity index is 2.07.